The highest BCUT2D eigenvalue weighted by Gasteiger charge is 2.08. The van der Waals surface area contributed by atoms with Crippen LogP contribution in [0.1, 0.15) is 11.1 Å². The van der Waals surface area contributed by atoms with Crippen LogP contribution in [0.4, 0.5) is 0 Å². The van der Waals surface area contributed by atoms with Crippen LogP contribution in [-0.2, 0) is 27.2 Å². The zero-order valence-electron chi connectivity index (χ0n) is 14.8. The van der Waals surface area contributed by atoms with Gasteiger partial charge in [-0.05, 0) is 12.1 Å². The number of aliphatic carboxylic acids is 2. The third kappa shape index (κ3) is 7.37. The van der Waals surface area contributed by atoms with E-state index >= 15 is 0 Å². The Bertz CT molecular complexity index is 694. The van der Waals surface area contributed by atoms with Gasteiger partial charge in [-0.2, -0.15) is 0 Å². The standard InChI is InChI=1S/C20H22O7/c21-19(22)13-15-5-1-3-7-17(15)26-11-9-25-10-12-27-18-8-4-2-6-16(18)14-20(23)24/h1-8H,9-14H2,(H,21,22)(H,23,24). The van der Waals surface area contributed by atoms with Gasteiger partial charge >= 0.3 is 11.9 Å². The second-order valence-corrected chi connectivity index (χ2v) is 5.67. The van der Waals surface area contributed by atoms with Crippen LogP contribution in [0, 0.1) is 0 Å². The Balaban J connectivity index is 1.67. The number of benzene rings is 2. The lowest BCUT2D eigenvalue weighted by atomic mass is 10.1. The van der Waals surface area contributed by atoms with Crippen LogP contribution in [0.25, 0.3) is 0 Å². The van der Waals surface area contributed by atoms with Crippen molar-refractivity contribution in [2.24, 2.45) is 0 Å². The molecule has 0 saturated carbocycles. The number of carbonyl (C=O) groups is 2. The summed E-state index contributed by atoms with van der Waals surface area (Å²) in [5, 5.41) is 17.8. The molecule has 0 aromatic heterocycles. The molecule has 0 radical (unpaired) electrons. The van der Waals surface area contributed by atoms with Gasteiger partial charge in [0.15, 0.2) is 0 Å². The average molecular weight is 374 g/mol. The van der Waals surface area contributed by atoms with Crippen molar-refractivity contribution in [1.82, 2.24) is 0 Å². The highest BCUT2D eigenvalue weighted by atomic mass is 16.5. The molecule has 2 aromatic rings. The van der Waals surface area contributed by atoms with Crippen LogP contribution in [0.3, 0.4) is 0 Å². The van der Waals surface area contributed by atoms with E-state index < -0.39 is 11.9 Å². The fraction of sp³-hybridized carbons (Fsp3) is 0.300. The van der Waals surface area contributed by atoms with Gasteiger partial charge < -0.3 is 24.4 Å². The summed E-state index contributed by atoms with van der Waals surface area (Å²) in [6.07, 6.45) is -0.193. The predicted molar refractivity (Wildman–Crippen MR) is 97.4 cm³/mol. The molecule has 27 heavy (non-hydrogen) atoms. The Labute approximate surface area is 157 Å². The maximum atomic E-state index is 10.8. The lowest BCUT2D eigenvalue weighted by Gasteiger charge is -2.12. The third-order valence-corrected chi connectivity index (χ3v) is 3.60. The number of hydrogen-bond donors (Lipinski definition) is 2. The number of hydrogen-bond acceptors (Lipinski definition) is 5. The maximum Gasteiger partial charge on any atom is 0.307 e. The van der Waals surface area contributed by atoms with Crippen molar-refractivity contribution in [3.63, 3.8) is 0 Å². The summed E-state index contributed by atoms with van der Waals surface area (Å²) in [4.78, 5) is 21.7. The summed E-state index contributed by atoms with van der Waals surface area (Å²) >= 11 is 0. The molecular formula is C20H22O7. The molecule has 0 spiro atoms. The summed E-state index contributed by atoms with van der Waals surface area (Å²) < 4.78 is 16.6. The largest absolute Gasteiger partial charge is 0.491 e. The molecule has 0 saturated heterocycles. The Morgan fingerprint density at radius 3 is 1.48 bits per heavy atom. The van der Waals surface area contributed by atoms with Gasteiger partial charge in [-0.15, -0.1) is 0 Å². The number of para-hydroxylation sites is 2. The van der Waals surface area contributed by atoms with Crippen LogP contribution in [0.5, 0.6) is 11.5 Å². The first-order valence-corrected chi connectivity index (χ1v) is 8.49. The predicted octanol–water partition coefficient (Wildman–Crippen LogP) is 2.42. The van der Waals surface area contributed by atoms with Gasteiger partial charge in [-0.25, -0.2) is 0 Å². The number of carboxylic acids is 2. The van der Waals surface area contributed by atoms with Gasteiger partial charge in [-0.3, -0.25) is 9.59 Å². The molecular weight excluding hydrogens is 352 g/mol. The van der Waals surface area contributed by atoms with Crippen LogP contribution in [0.15, 0.2) is 48.5 Å². The van der Waals surface area contributed by atoms with Gasteiger partial charge in [0.05, 0.1) is 26.1 Å². The van der Waals surface area contributed by atoms with Crippen LogP contribution in [-0.4, -0.2) is 48.6 Å². The van der Waals surface area contributed by atoms with Crippen molar-refractivity contribution in [3.8, 4) is 11.5 Å². The summed E-state index contributed by atoms with van der Waals surface area (Å²) in [7, 11) is 0. The molecule has 0 aliphatic rings. The summed E-state index contributed by atoms with van der Waals surface area (Å²) in [5.41, 5.74) is 1.23. The molecule has 0 aliphatic heterocycles. The fourth-order valence-electron chi connectivity index (χ4n) is 2.43. The first-order valence-electron chi connectivity index (χ1n) is 8.49. The molecule has 0 heterocycles. The van der Waals surface area contributed by atoms with Gasteiger partial charge in [0, 0.05) is 11.1 Å². The molecule has 2 aromatic carbocycles. The third-order valence-electron chi connectivity index (χ3n) is 3.60. The minimum atomic E-state index is -0.914. The first kappa shape index (κ1) is 20.3. The van der Waals surface area contributed by atoms with E-state index in [1.165, 1.54) is 0 Å². The van der Waals surface area contributed by atoms with Crippen LogP contribution >= 0.6 is 0 Å². The smallest absolute Gasteiger partial charge is 0.307 e. The van der Waals surface area contributed by atoms with E-state index in [9.17, 15) is 9.59 Å². The number of carboxylic acid groups (broad SMARTS) is 2. The summed E-state index contributed by atoms with van der Waals surface area (Å²) in [5.74, 6) is -0.769. The SMILES string of the molecule is O=C(O)Cc1ccccc1OCCOCCOc1ccccc1CC(=O)O. The fourth-order valence-corrected chi connectivity index (χ4v) is 2.43. The van der Waals surface area contributed by atoms with E-state index in [0.29, 0.717) is 35.8 Å². The van der Waals surface area contributed by atoms with Crippen molar-refractivity contribution in [2.45, 2.75) is 12.8 Å². The zero-order valence-corrected chi connectivity index (χ0v) is 14.8. The van der Waals surface area contributed by atoms with Crippen molar-refractivity contribution < 1.29 is 34.0 Å². The molecule has 0 atom stereocenters. The molecule has 2 rings (SSSR count). The van der Waals surface area contributed by atoms with Gasteiger partial charge in [0.2, 0.25) is 0 Å². The van der Waals surface area contributed by atoms with Crippen LogP contribution in [0.2, 0.25) is 0 Å². The zero-order chi connectivity index (χ0) is 19.5. The van der Waals surface area contributed by atoms with Crippen molar-refractivity contribution in [1.29, 1.82) is 0 Å². The van der Waals surface area contributed by atoms with E-state index in [1.807, 2.05) is 0 Å². The molecule has 7 nitrogen and oxygen atoms in total. The monoisotopic (exact) mass is 374 g/mol. The minimum Gasteiger partial charge on any atom is -0.491 e. The molecule has 0 bridgehead atoms. The van der Waals surface area contributed by atoms with E-state index in [0.717, 1.165) is 0 Å². The Kier molecular flexibility index (Phi) is 8.12. The van der Waals surface area contributed by atoms with Crippen molar-refractivity contribution in [3.05, 3.63) is 59.7 Å². The Morgan fingerprint density at radius 2 is 1.07 bits per heavy atom. The molecule has 2 N–H and O–H groups in total. The number of ether oxygens (including phenoxy) is 3. The molecule has 0 unspecified atom stereocenters. The second-order valence-electron chi connectivity index (χ2n) is 5.67. The minimum absolute atomic E-state index is 0.0966. The van der Waals surface area contributed by atoms with E-state index in [1.54, 1.807) is 48.5 Å². The first-order chi connectivity index (χ1) is 13.1. The molecule has 144 valence electrons. The second kappa shape index (κ2) is 10.8. The highest BCUT2D eigenvalue weighted by Crippen LogP contribution is 2.19. The van der Waals surface area contributed by atoms with E-state index in [-0.39, 0.29) is 26.1 Å². The number of rotatable bonds is 12. The molecule has 0 aliphatic carbocycles. The molecule has 0 amide bonds. The van der Waals surface area contributed by atoms with Gasteiger partial charge in [-0.1, -0.05) is 36.4 Å². The van der Waals surface area contributed by atoms with Crippen molar-refractivity contribution in [2.75, 3.05) is 26.4 Å². The summed E-state index contributed by atoms with van der Waals surface area (Å²) in [6, 6.07) is 14.0. The lowest BCUT2D eigenvalue weighted by molar-refractivity contribution is -0.137. The van der Waals surface area contributed by atoms with Gasteiger partial charge in [0.25, 0.3) is 0 Å². The van der Waals surface area contributed by atoms with Crippen LogP contribution < -0.4 is 9.47 Å². The molecule has 0 fully saturated rings. The Morgan fingerprint density at radius 1 is 0.667 bits per heavy atom. The molecule has 7 heteroatoms. The van der Waals surface area contributed by atoms with E-state index in [2.05, 4.69) is 0 Å². The quantitative estimate of drug-likeness (QED) is 0.550. The van der Waals surface area contributed by atoms with E-state index in [4.69, 9.17) is 24.4 Å². The Hall–Kier alpha value is -3.06. The lowest BCUT2D eigenvalue weighted by Crippen LogP contribution is -2.13. The summed E-state index contributed by atoms with van der Waals surface area (Å²) in [6.45, 7) is 1.21. The average Bonchev–Trinajstić information content (AvgIpc) is 2.62. The normalized spacial score (nSPS) is 10.4. The van der Waals surface area contributed by atoms with Crippen molar-refractivity contribution >= 4 is 11.9 Å². The maximum absolute atomic E-state index is 10.8. The highest BCUT2D eigenvalue weighted by molar-refractivity contribution is 5.71. The van der Waals surface area contributed by atoms with Gasteiger partial charge in [0.1, 0.15) is 24.7 Å². The topological polar surface area (TPSA) is 102 Å².